The van der Waals surface area contributed by atoms with E-state index in [1.54, 1.807) is 0 Å². The lowest BCUT2D eigenvalue weighted by atomic mass is 10.1. The Hall–Kier alpha value is -2.22. The molecule has 0 saturated heterocycles. The number of halogens is 3. The van der Waals surface area contributed by atoms with Crippen molar-refractivity contribution in [1.82, 2.24) is 10.3 Å². The first-order valence-electron chi connectivity index (χ1n) is 6.27. The molecule has 1 amide bonds. The number of carbonyl (C=O) groups excluding carboxylic acids is 2. The van der Waals surface area contributed by atoms with E-state index in [1.165, 1.54) is 0 Å². The van der Waals surface area contributed by atoms with Crippen molar-refractivity contribution < 1.29 is 22.8 Å². The van der Waals surface area contributed by atoms with Crippen molar-refractivity contribution in [2.45, 2.75) is 12.6 Å². The van der Waals surface area contributed by atoms with Crippen LogP contribution in [0.25, 0.3) is 0 Å². The van der Waals surface area contributed by atoms with Gasteiger partial charge in [-0.3, -0.25) is 9.59 Å². The normalized spacial score (nSPS) is 11.2. The van der Waals surface area contributed by atoms with Crippen molar-refractivity contribution in [2.75, 3.05) is 6.54 Å². The smallest absolute Gasteiger partial charge is 0.351 e. The highest BCUT2D eigenvalue weighted by molar-refractivity contribution is 7.15. The van der Waals surface area contributed by atoms with Gasteiger partial charge in [-0.2, -0.15) is 13.2 Å². The van der Waals surface area contributed by atoms with Gasteiger partial charge in [-0.05, 0) is 12.0 Å². The standard InChI is InChI=1S/C14H11F3N2O2S/c15-14(16,17)11(20)13-19-8-10(22-13)12(21)18-7-6-9-4-2-1-3-5-9/h1-5,8H,6-7H2,(H,18,21). The number of aromatic nitrogens is 1. The molecule has 0 fully saturated rings. The number of benzene rings is 1. The molecule has 1 N–H and O–H groups in total. The molecular weight excluding hydrogens is 317 g/mol. The summed E-state index contributed by atoms with van der Waals surface area (Å²) in [6.45, 7) is 0.337. The van der Waals surface area contributed by atoms with Crippen LogP contribution in [0, 0.1) is 0 Å². The predicted octanol–water partition coefficient (Wildman–Crippen LogP) is 2.86. The predicted molar refractivity (Wildman–Crippen MR) is 75.0 cm³/mol. The van der Waals surface area contributed by atoms with Gasteiger partial charge in [-0.25, -0.2) is 4.98 Å². The van der Waals surface area contributed by atoms with Gasteiger partial charge in [-0.15, -0.1) is 11.3 Å². The number of ketones is 1. The molecule has 0 unspecified atom stereocenters. The third-order valence-electron chi connectivity index (χ3n) is 2.72. The highest BCUT2D eigenvalue weighted by Gasteiger charge is 2.41. The summed E-state index contributed by atoms with van der Waals surface area (Å²) >= 11 is 0.430. The summed E-state index contributed by atoms with van der Waals surface area (Å²) in [5.41, 5.74) is 1.03. The van der Waals surface area contributed by atoms with E-state index >= 15 is 0 Å². The molecule has 1 heterocycles. The van der Waals surface area contributed by atoms with Gasteiger partial charge in [0.2, 0.25) is 0 Å². The first kappa shape index (κ1) is 16.2. The van der Waals surface area contributed by atoms with Crippen LogP contribution in [-0.4, -0.2) is 29.4 Å². The summed E-state index contributed by atoms with van der Waals surface area (Å²) in [7, 11) is 0. The van der Waals surface area contributed by atoms with E-state index in [1.807, 2.05) is 30.3 Å². The maximum Gasteiger partial charge on any atom is 0.457 e. The van der Waals surface area contributed by atoms with E-state index < -0.39 is 22.9 Å². The van der Waals surface area contributed by atoms with Crippen LogP contribution < -0.4 is 5.32 Å². The van der Waals surface area contributed by atoms with Crippen molar-refractivity contribution >= 4 is 23.0 Å². The molecule has 0 saturated carbocycles. The fourth-order valence-corrected chi connectivity index (χ4v) is 2.45. The third kappa shape index (κ3) is 4.14. The summed E-state index contributed by atoms with van der Waals surface area (Å²) in [5.74, 6) is -2.59. The minimum Gasteiger partial charge on any atom is -0.351 e. The van der Waals surface area contributed by atoms with Gasteiger partial charge in [-0.1, -0.05) is 30.3 Å². The lowest BCUT2D eigenvalue weighted by Crippen LogP contribution is -2.25. The quantitative estimate of drug-likeness (QED) is 0.859. The lowest BCUT2D eigenvalue weighted by Gasteiger charge is -2.03. The molecule has 22 heavy (non-hydrogen) atoms. The van der Waals surface area contributed by atoms with Crippen LogP contribution >= 0.6 is 11.3 Å². The average molecular weight is 328 g/mol. The average Bonchev–Trinajstić information content (AvgIpc) is 2.96. The van der Waals surface area contributed by atoms with Crippen LogP contribution in [0.15, 0.2) is 36.5 Å². The molecule has 4 nitrogen and oxygen atoms in total. The van der Waals surface area contributed by atoms with Crippen molar-refractivity contribution in [3.8, 4) is 0 Å². The van der Waals surface area contributed by atoms with Crippen LogP contribution in [0.4, 0.5) is 13.2 Å². The Balaban J connectivity index is 1.91. The van der Waals surface area contributed by atoms with Crippen molar-refractivity contribution in [3.05, 3.63) is 52.0 Å². The minimum absolute atomic E-state index is 0.0272. The SMILES string of the molecule is O=C(NCCc1ccccc1)c1cnc(C(=O)C(F)(F)F)s1. The molecule has 2 aromatic rings. The second-order valence-electron chi connectivity index (χ2n) is 4.35. The summed E-state index contributed by atoms with van der Waals surface area (Å²) < 4.78 is 36.8. The largest absolute Gasteiger partial charge is 0.457 e. The number of nitrogens with zero attached hydrogens (tertiary/aromatic N) is 1. The van der Waals surface area contributed by atoms with Crippen molar-refractivity contribution in [3.63, 3.8) is 0 Å². The number of thiazole rings is 1. The van der Waals surface area contributed by atoms with Crippen LogP contribution in [0.3, 0.4) is 0 Å². The first-order chi connectivity index (χ1) is 10.4. The van der Waals surface area contributed by atoms with Crippen LogP contribution in [0.1, 0.15) is 25.0 Å². The zero-order valence-electron chi connectivity index (χ0n) is 11.2. The Labute approximate surface area is 128 Å². The fraction of sp³-hybridized carbons (Fsp3) is 0.214. The number of amides is 1. The Morgan fingerprint density at radius 2 is 1.86 bits per heavy atom. The van der Waals surface area contributed by atoms with Gasteiger partial charge in [0.25, 0.3) is 11.7 Å². The van der Waals surface area contributed by atoms with Gasteiger partial charge in [0, 0.05) is 6.54 Å². The number of carbonyl (C=O) groups is 2. The minimum atomic E-state index is -4.99. The summed E-state index contributed by atoms with van der Waals surface area (Å²) in [4.78, 5) is 26.1. The van der Waals surface area contributed by atoms with Crippen LogP contribution in [0.5, 0.6) is 0 Å². The molecule has 0 aliphatic carbocycles. The fourth-order valence-electron chi connectivity index (χ4n) is 1.66. The maximum absolute atomic E-state index is 12.3. The summed E-state index contributed by atoms with van der Waals surface area (Å²) in [5, 5.41) is 1.84. The third-order valence-corrected chi connectivity index (χ3v) is 3.72. The molecule has 0 aliphatic heterocycles. The van der Waals surface area contributed by atoms with E-state index in [9.17, 15) is 22.8 Å². The van der Waals surface area contributed by atoms with Gasteiger partial charge < -0.3 is 5.32 Å². The summed E-state index contributed by atoms with van der Waals surface area (Å²) in [6, 6.07) is 9.42. The molecule has 8 heteroatoms. The molecular formula is C14H11F3N2O2S. The lowest BCUT2D eigenvalue weighted by molar-refractivity contribution is -0.0885. The molecule has 1 aromatic heterocycles. The number of Topliss-reactive ketones (excluding diaryl/α,β-unsaturated/α-hetero) is 1. The van der Waals surface area contributed by atoms with E-state index in [0.29, 0.717) is 24.3 Å². The number of alkyl halides is 3. The Morgan fingerprint density at radius 3 is 2.50 bits per heavy atom. The van der Waals surface area contributed by atoms with E-state index in [0.717, 1.165) is 11.8 Å². The van der Waals surface area contributed by atoms with Gasteiger partial charge >= 0.3 is 6.18 Å². The van der Waals surface area contributed by atoms with Crippen LogP contribution in [0.2, 0.25) is 0 Å². The molecule has 0 atom stereocenters. The Morgan fingerprint density at radius 1 is 1.18 bits per heavy atom. The van der Waals surface area contributed by atoms with Gasteiger partial charge in [0.1, 0.15) is 4.88 Å². The van der Waals surface area contributed by atoms with Crippen molar-refractivity contribution in [1.29, 1.82) is 0 Å². The second-order valence-corrected chi connectivity index (χ2v) is 5.38. The highest BCUT2D eigenvalue weighted by atomic mass is 32.1. The highest BCUT2D eigenvalue weighted by Crippen LogP contribution is 2.24. The van der Waals surface area contributed by atoms with E-state index in [-0.39, 0.29) is 4.88 Å². The maximum atomic E-state index is 12.3. The first-order valence-corrected chi connectivity index (χ1v) is 7.09. The van der Waals surface area contributed by atoms with Crippen LogP contribution in [-0.2, 0) is 6.42 Å². The zero-order valence-corrected chi connectivity index (χ0v) is 12.0. The monoisotopic (exact) mass is 328 g/mol. The molecule has 0 radical (unpaired) electrons. The topological polar surface area (TPSA) is 59.1 Å². The van der Waals surface area contributed by atoms with Gasteiger partial charge in [0.05, 0.1) is 6.20 Å². The zero-order chi connectivity index (χ0) is 16.2. The molecule has 116 valence electrons. The number of hydrogen-bond acceptors (Lipinski definition) is 4. The summed E-state index contributed by atoms with van der Waals surface area (Å²) in [6.07, 6.45) is -3.42. The molecule has 0 spiro atoms. The van der Waals surface area contributed by atoms with E-state index in [2.05, 4.69) is 10.3 Å². The Kier molecular flexibility index (Phi) is 4.92. The second kappa shape index (κ2) is 6.69. The molecule has 2 rings (SSSR count). The van der Waals surface area contributed by atoms with E-state index in [4.69, 9.17) is 0 Å². The Bertz CT molecular complexity index is 668. The number of rotatable bonds is 5. The molecule has 1 aromatic carbocycles. The molecule has 0 aliphatic rings. The molecule has 0 bridgehead atoms. The van der Waals surface area contributed by atoms with Gasteiger partial charge in [0.15, 0.2) is 5.01 Å². The number of hydrogen-bond donors (Lipinski definition) is 1. The van der Waals surface area contributed by atoms with Crippen molar-refractivity contribution in [2.24, 2.45) is 0 Å². The number of nitrogens with one attached hydrogen (secondary N) is 1.